The molecule has 0 radical (unpaired) electrons. The largest absolute Gasteiger partial charge is 0.272 e. The zero-order valence-electron chi connectivity index (χ0n) is 18.9. The van der Waals surface area contributed by atoms with Crippen LogP contribution in [0.3, 0.4) is 0 Å². The smallest absolute Gasteiger partial charge is 0.271 e. The van der Waals surface area contributed by atoms with Crippen molar-refractivity contribution in [3.05, 3.63) is 138 Å². The summed E-state index contributed by atoms with van der Waals surface area (Å²) in [7, 11) is 0. The molecule has 0 bridgehead atoms. The third-order valence-electron chi connectivity index (χ3n) is 6.60. The Morgan fingerprint density at radius 2 is 1.71 bits per heavy atom. The van der Waals surface area contributed by atoms with E-state index in [0.717, 1.165) is 34.5 Å². The minimum absolute atomic E-state index is 0.0254. The molecule has 0 spiro atoms. The molecule has 0 amide bonds. The molecular weight excluding hydrogens is 436 g/mol. The SMILES string of the molecule is Cc1ccc(C2C3=C(N=c4sc(=CC=Cc5ccccc5)c(=O)n42)c2ccccc2CC3)cc1. The van der Waals surface area contributed by atoms with Crippen molar-refractivity contribution in [2.75, 3.05) is 0 Å². The van der Waals surface area contributed by atoms with Gasteiger partial charge in [0.1, 0.15) is 0 Å². The third-order valence-corrected chi connectivity index (χ3v) is 7.60. The van der Waals surface area contributed by atoms with Gasteiger partial charge in [-0.15, -0.1) is 0 Å². The summed E-state index contributed by atoms with van der Waals surface area (Å²) in [4.78, 5) is 19.5. The van der Waals surface area contributed by atoms with Crippen molar-refractivity contribution in [2.45, 2.75) is 25.8 Å². The van der Waals surface area contributed by atoms with Gasteiger partial charge in [-0.1, -0.05) is 108 Å². The van der Waals surface area contributed by atoms with E-state index in [1.54, 1.807) is 0 Å². The molecule has 1 aliphatic carbocycles. The molecule has 4 aromatic rings. The molecule has 0 fully saturated rings. The molecule has 1 aliphatic heterocycles. The maximum Gasteiger partial charge on any atom is 0.271 e. The number of benzene rings is 3. The zero-order valence-corrected chi connectivity index (χ0v) is 19.8. The van der Waals surface area contributed by atoms with Crippen LogP contribution in [0.2, 0.25) is 0 Å². The average molecular weight is 461 g/mol. The number of aromatic nitrogens is 1. The van der Waals surface area contributed by atoms with Gasteiger partial charge in [0.25, 0.3) is 5.56 Å². The summed E-state index contributed by atoms with van der Waals surface area (Å²) in [6, 6.07) is 27.1. The van der Waals surface area contributed by atoms with Crippen molar-refractivity contribution in [3.8, 4) is 0 Å². The summed E-state index contributed by atoms with van der Waals surface area (Å²) in [6.07, 6.45) is 7.78. The fourth-order valence-corrected chi connectivity index (χ4v) is 5.85. The monoisotopic (exact) mass is 460 g/mol. The first-order valence-electron chi connectivity index (χ1n) is 11.6. The minimum Gasteiger partial charge on any atom is -0.272 e. The summed E-state index contributed by atoms with van der Waals surface area (Å²) in [5.74, 6) is 0. The third kappa shape index (κ3) is 3.61. The Kier molecular flexibility index (Phi) is 5.23. The molecule has 1 unspecified atom stereocenters. The Balaban J connectivity index is 1.54. The zero-order chi connectivity index (χ0) is 23.1. The van der Waals surface area contributed by atoms with Crippen LogP contribution in [0.4, 0.5) is 0 Å². The molecule has 166 valence electrons. The van der Waals surface area contributed by atoms with E-state index in [1.807, 2.05) is 41.0 Å². The highest BCUT2D eigenvalue weighted by molar-refractivity contribution is 7.07. The highest BCUT2D eigenvalue weighted by atomic mass is 32.1. The summed E-state index contributed by atoms with van der Waals surface area (Å²) >= 11 is 1.47. The predicted molar refractivity (Wildman–Crippen MR) is 140 cm³/mol. The van der Waals surface area contributed by atoms with E-state index in [0.29, 0.717) is 4.53 Å². The lowest BCUT2D eigenvalue weighted by Gasteiger charge is -2.30. The van der Waals surface area contributed by atoms with Gasteiger partial charge in [-0.25, -0.2) is 4.99 Å². The second-order valence-electron chi connectivity index (χ2n) is 8.82. The van der Waals surface area contributed by atoms with Gasteiger partial charge >= 0.3 is 0 Å². The fraction of sp³-hybridized carbons (Fsp3) is 0.133. The van der Waals surface area contributed by atoms with Gasteiger partial charge in [-0.05, 0) is 48.1 Å². The number of nitrogens with zero attached hydrogens (tertiary/aromatic N) is 2. The van der Waals surface area contributed by atoms with Gasteiger partial charge in [-0.2, -0.15) is 0 Å². The van der Waals surface area contributed by atoms with E-state index in [-0.39, 0.29) is 11.6 Å². The van der Waals surface area contributed by atoms with Gasteiger partial charge in [-0.3, -0.25) is 9.36 Å². The number of hydrogen-bond donors (Lipinski definition) is 0. The molecule has 0 N–H and O–H groups in total. The maximum absolute atomic E-state index is 13.7. The summed E-state index contributed by atoms with van der Waals surface area (Å²) in [5.41, 5.74) is 8.29. The van der Waals surface area contributed by atoms with Gasteiger partial charge in [0.2, 0.25) is 0 Å². The average Bonchev–Trinajstić information content (AvgIpc) is 3.19. The number of thiazole rings is 1. The topological polar surface area (TPSA) is 34.4 Å². The van der Waals surface area contributed by atoms with Crippen LogP contribution in [0.15, 0.2) is 100 Å². The van der Waals surface area contributed by atoms with Crippen LogP contribution in [0, 0.1) is 6.92 Å². The molecule has 0 saturated carbocycles. The van der Waals surface area contributed by atoms with E-state index in [9.17, 15) is 4.79 Å². The summed E-state index contributed by atoms with van der Waals surface area (Å²) in [5, 5.41) is 0. The Morgan fingerprint density at radius 1 is 0.941 bits per heavy atom. The maximum atomic E-state index is 13.7. The molecule has 3 aromatic carbocycles. The van der Waals surface area contributed by atoms with Crippen molar-refractivity contribution < 1.29 is 0 Å². The van der Waals surface area contributed by atoms with Gasteiger partial charge in [0.05, 0.1) is 16.3 Å². The summed E-state index contributed by atoms with van der Waals surface area (Å²) in [6.45, 7) is 2.09. The fourth-order valence-electron chi connectivity index (χ4n) is 4.90. The van der Waals surface area contributed by atoms with E-state index >= 15 is 0 Å². The number of rotatable bonds is 3. The molecule has 6 rings (SSSR count). The first-order chi connectivity index (χ1) is 16.7. The lowest BCUT2D eigenvalue weighted by atomic mass is 9.83. The van der Waals surface area contributed by atoms with Gasteiger partial charge in [0, 0.05) is 5.56 Å². The number of allylic oxidation sites excluding steroid dienone is 2. The normalized spacial score (nSPS) is 17.3. The van der Waals surface area contributed by atoms with Crippen LogP contribution in [-0.2, 0) is 6.42 Å². The molecule has 34 heavy (non-hydrogen) atoms. The van der Waals surface area contributed by atoms with E-state index in [4.69, 9.17) is 4.99 Å². The summed E-state index contributed by atoms with van der Waals surface area (Å²) < 4.78 is 2.61. The van der Waals surface area contributed by atoms with Crippen LogP contribution in [0.25, 0.3) is 17.8 Å². The van der Waals surface area contributed by atoms with Crippen molar-refractivity contribution in [3.63, 3.8) is 0 Å². The van der Waals surface area contributed by atoms with Crippen molar-refractivity contribution in [2.24, 2.45) is 4.99 Å². The highest BCUT2D eigenvalue weighted by Gasteiger charge is 2.32. The van der Waals surface area contributed by atoms with Crippen LogP contribution in [0.1, 0.15) is 40.3 Å². The molecular formula is C30H24N2OS. The number of fused-ring (bicyclic) bond motifs is 3. The highest BCUT2D eigenvalue weighted by Crippen LogP contribution is 2.41. The quantitative estimate of drug-likeness (QED) is 0.409. The number of hydrogen-bond acceptors (Lipinski definition) is 3. The molecule has 2 aliphatic rings. The van der Waals surface area contributed by atoms with E-state index in [1.165, 1.54) is 33.6 Å². The Morgan fingerprint density at radius 3 is 2.53 bits per heavy atom. The number of aryl methyl sites for hydroxylation is 2. The molecule has 1 aromatic heterocycles. The van der Waals surface area contributed by atoms with Crippen molar-refractivity contribution in [1.29, 1.82) is 0 Å². The Bertz CT molecular complexity index is 1620. The lowest BCUT2D eigenvalue weighted by molar-refractivity contribution is 0.585. The van der Waals surface area contributed by atoms with Crippen LogP contribution < -0.4 is 14.9 Å². The Hall–Kier alpha value is -3.76. The molecule has 4 heteroatoms. The van der Waals surface area contributed by atoms with Crippen molar-refractivity contribution in [1.82, 2.24) is 4.57 Å². The predicted octanol–water partition coefficient (Wildman–Crippen LogP) is 5.29. The van der Waals surface area contributed by atoms with E-state index in [2.05, 4.69) is 67.6 Å². The van der Waals surface area contributed by atoms with Crippen LogP contribution >= 0.6 is 11.3 Å². The lowest BCUT2D eigenvalue weighted by Crippen LogP contribution is -2.38. The Labute approximate surface area is 202 Å². The molecule has 2 heterocycles. The minimum atomic E-state index is -0.125. The van der Waals surface area contributed by atoms with Crippen LogP contribution in [-0.4, -0.2) is 4.57 Å². The van der Waals surface area contributed by atoms with E-state index < -0.39 is 0 Å². The second-order valence-corrected chi connectivity index (χ2v) is 9.83. The second kappa shape index (κ2) is 8.54. The van der Waals surface area contributed by atoms with Crippen LogP contribution in [0.5, 0.6) is 0 Å². The molecule has 1 atom stereocenters. The standard InChI is InChI=1S/C30H24N2OS/c1-20-14-16-23(17-15-20)28-25-19-18-22-11-5-6-12-24(22)27(25)31-30-32(28)29(33)26(34-30)13-7-10-21-8-3-2-4-9-21/h2-17,28H,18-19H2,1H3. The van der Waals surface area contributed by atoms with Crippen molar-refractivity contribution >= 4 is 29.2 Å². The van der Waals surface area contributed by atoms with Gasteiger partial charge in [0.15, 0.2) is 4.80 Å². The first-order valence-corrected chi connectivity index (χ1v) is 12.4. The molecule has 0 saturated heterocycles. The first kappa shape index (κ1) is 20.8. The molecule has 3 nitrogen and oxygen atoms in total. The van der Waals surface area contributed by atoms with Gasteiger partial charge < -0.3 is 0 Å².